The molecule has 0 heterocycles. The van der Waals surface area contributed by atoms with Crippen LogP contribution < -0.4 is 4.74 Å². The van der Waals surface area contributed by atoms with Crippen molar-refractivity contribution >= 4 is 0 Å². The zero-order valence-electron chi connectivity index (χ0n) is 13.3. The Bertz CT molecular complexity index is 506. The van der Waals surface area contributed by atoms with Crippen molar-refractivity contribution in [2.75, 3.05) is 13.2 Å². The molecular weight excluding hydrogens is 286 g/mol. The highest BCUT2D eigenvalue weighted by Gasteiger charge is 2.26. The van der Waals surface area contributed by atoms with Gasteiger partial charge in [0, 0.05) is 0 Å². The summed E-state index contributed by atoms with van der Waals surface area (Å²) < 4.78 is 39.0. The van der Waals surface area contributed by atoms with Gasteiger partial charge in [-0.15, -0.1) is 0 Å². The lowest BCUT2D eigenvalue weighted by atomic mass is 9.82. The Hall–Kier alpha value is -1.42. The summed E-state index contributed by atoms with van der Waals surface area (Å²) in [6.07, 6.45) is 7.59. The Morgan fingerprint density at radius 2 is 1.86 bits per heavy atom. The maximum atomic E-state index is 14.2. The lowest BCUT2D eigenvalue weighted by molar-refractivity contribution is 0.0419. The minimum absolute atomic E-state index is 0.00729. The molecule has 0 amide bonds. The van der Waals surface area contributed by atoms with Crippen LogP contribution in [0.4, 0.5) is 8.78 Å². The Morgan fingerprint density at radius 3 is 2.50 bits per heavy atom. The van der Waals surface area contributed by atoms with Crippen LogP contribution in [0.1, 0.15) is 51.0 Å². The van der Waals surface area contributed by atoms with E-state index in [4.69, 9.17) is 9.47 Å². The number of benzene rings is 1. The molecule has 0 unspecified atom stereocenters. The first-order valence-corrected chi connectivity index (χ1v) is 8.00. The van der Waals surface area contributed by atoms with Crippen molar-refractivity contribution in [3.05, 3.63) is 41.5 Å². The zero-order chi connectivity index (χ0) is 15.9. The minimum atomic E-state index is -0.870. The molecule has 0 bridgehead atoms. The summed E-state index contributed by atoms with van der Waals surface area (Å²) in [5.74, 6) is -1.58. The number of ether oxygens (including phenoxy) is 2. The van der Waals surface area contributed by atoms with E-state index in [1.807, 2.05) is 19.1 Å². The van der Waals surface area contributed by atoms with Gasteiger partial charge in [-0.3, -0.25) is 0 Å². The molecule has 0 spiro atoms. The predicted molar refractivity (Wildman–Crippen MR) is 83.3 cm³/mol. The zero-order valence-corrected chi connectivity index (χ0v) is 13.3. The topological polar surface area (TPSA) is 18.5 Å². The second-order valence-electron chi connectivity index (χ2n) is 5.59. The molecule has 0 aromatic heterocycles. The molecule has 1 aromatic carbocycles. The predicted octanol–water partition coefficient (Wildman–Crippen LogP) is 4.98. The van der Waals surface area contributed by atoms with Gasteiger partial charge in [0.05, 0.1) is 19.3 Å². The van der Waals surface area contributed by atoms with Gasteiger partial charge in [0.15, 0.2) is 11.6 Å². The Labute approximate surface area is 131 Å². The summed E-state index contributed by atoms with van der Waals surface area (Å²) in [4.78, 5) is 0. The third-order valence-electron chi connectivity index (χ3n) is 4.15. The van der Waals surface area contributed by atoms with Crippen molar-refractivity contribution in [3.63, 3.8) is 0 Å². The number of halogens is 2. The van der Waals surface area contributed by atoms with Gasteiger partial charge < -0.3 is 9.47 Å². The first-order valence-electron chi connectivity index (χ1n) is 8.00. The van der Waals surface area contributed by atoms with E-state index >= 15 is 0 Å². The summed E-state index contributed by atoms with van der Waals surface area (Å²) in [5.41, 5.74) is 0.466. The van der Waals surface area contributed by atoms with Crippen LogP contribution in [0.3, 0.4) is 0 Å². The van der Waals surface area contributed by atoms with Crippen molar-refractivity contribution in [1.82, 2.24) is 0 Å². The average molecular weight is 310 g/mol. The van der Waals surface area contributed by atoms with Gasteiger partial charge in [-0.25, -0.2) is 4.39 Å². The molecule has 0 N–H and O–H groups in total. The van der Waals surface area contributed by atoms with Gasteiger partial charge in [-0.2, -0.15) is 4.39 Å². The van der Waals surface area contributed by atoms with Crippen LogP contribution in [0, 0.1) is 11.6 Å². The molecule has 2 nitrogen and oxygen atoms in total. The van der Waals surface area contributed by atoms with Gasteiger partial charge in [0.25, 0.3) is 0 Å². The fourth-order valence-electron chi connectivity index (χ4n) is 2.96. The molecule has 22 heavy (non-hydrogen) atoms. The number of allylic oxidation sites excluding steroid dienone is 1. The van der Waals surface area contributed by atoms with Gasteiger partial charge in [-0.1, -0.05) is 18.2 Å². The maximum absolute atomic E-state index is 14.2. The Balaban J connectivity index is 1.98. The van der Waals surface area contributed by atoms with E-state index in [1.54, 1.807) is 13.0 Å². The van der Waals surface area contributed by atoms with Crippen LogP contribution >= 0.6 is 0 Å². The van der Waals surface area contributed by atoms with Crippen LogP contribution in [0.15, 0.2) is 24.3 Å². The quantitative estimate of drug-likeness (QED) is 0.690. The number of hydrogen-bond acceptors (Lipinski definition) is 2. The molecule has 1 saturated carbocycles. The van der Waals surface area contributed by atoms with E-state index in [0.717, 1.165) is 25.7 Å². The van der Waals surface area contributed by atoms with Crippen LogP contribution in [0.2, 0.25) is 0 Å². The van der Waals surface area contributed by atoms with E-state index in [2.05, 4.69) is 0 Å². The molecular formula is C18H24F2O2. The molecule has 1 aliphatic rings. The molecule has 2 rings (SSSR count). The van der Waals surface area contributed by atoms with E-state index in [1.165, 1.54) is 6.07 Å². The lowest BCUT2D eigenvalue weighted by Crippen LogP contribution is -2.21. The fraction of sp³-hybridized carbons (Fsp3) is 0.556. The molecule has 0 saturated heterocycles. The van der Waals surface area contributed by atoms with Crippen LogP contribution in [0.25, 0.3) is 0 Å². The molecule has 0 aliphatic heterocycles. The number of hydrogen-bond donors (Lipinski definition) is 0. The highest BCUT2D eigenvalue weighted by molar-refractivity contribution is 5.33. The fourth-order valence-corrected chi connectivity index (χ4v) is 2.96. The standard InChI is InChI=1S/C18H24F2O2/c1-3-5-12-22-14-8-6-13(7-9-14)15-10-11-16(21-4-2)18(20)17(15)19/h3,5,10-11,13-14H,4,6-9,12H2,1-2H3/b5-3+. The third kappa shape index (κ3) is 4.07. The largest absolute Gasteiger partial charge is 0.491 e. The summed E-state index contributed by atoms with van der Waals surface area (Å²) in [5, 5.41) is 0. The van der Waals surface area contributed by atoms with Crippen molar-refractivity contribution in [1.29, 1.82) is 0 Å². The van der Waals surface area contributed by atoms with Gasteiger partial charge in [0.1, 0.15) is 0 Å². The first kappa shape index (κ1) is 16.9. The molecule has 122 valence electrons. The normalized spacial score (nSPS) is 22.2. The maximum Gasteiger partial charge on any atom is 0.200 e. The lowest BCUT2D eigenvalue weighted by Gasteiger charge is -2.29. The highest BCUT2D eigenvalue weighted by Crippen LogP contribution is 2.37. The van der Waals surface area contributed by atoms with Crippen LogP contribution in [-0.2, 0) is 4.74 Å². The van der Waals surface area contributed by atoms with Gasteiger partial charge >= 0.3 is 0 Å². The van der Waals surface area contributed by atoms with E-state index < -0.39 is 11.6 Å². The summed E-state index contributed by atoms with van der Waals surface area (Å²) in [7, 11) is 0. The van der Waals surface area contributed by atoms with Crippen molar-refractivity contribution in [3.8, 4) is 5.75 Å². The van der Waals surface area contributed by atoms with Crippen molar-refractivity contribution in [2.24, 2.45) is 0 Å². The van der Waals surface area contributed by atoms with E-state index in [9.17, 15) is 8.78 Å². The van der Waals surface area contributed by atoms with Gasteiger partial charge in [-0.05, 0) is 57.1 Å². The van der Waals surface area contributed by atoms with E-state index in [-0.39, 0.29) is 17.8 Å². The summed E-state index contributed by atoms with van der Waals surface area (Å²) >= 11 is 0. The molecule has 0 radical (unpaired) electrons. The Morgan fingerprint density at radius 1 is 1.14 bits per heavy atom. The second kappa shape index (κ2) is 8.28. The highest BCUT2D eigenvalue weighted by atomic mass is 19.2. The summed E-state index contributed by atoms with van der Waals surface area (Å²) in [6.45, 7) is 4.66. The summed E-state index contributed by atoms with van der Waals surface area (Å²) in [6, 6.07) is 3.20. The third-order valence-corrected chi connectivity index (χ3v) is 4.15. The SMILES string of the molecule is C/C=C/COC1CCC(c2ccc(OCC)c(F)c2F)CC1. The first-order chi connectivity index (χ1) is 10.7. The minimum Gasteiger partial charge on any atom is -0.491 e. The van der Waals surface area contributed by atoms with Crippen molar-refractivity contribution < 1.29 is 18.3 Å². The molecule has 1 aromatic rings. The smallest absolute Gasteiger partial charge is 0.200 e. The molecule has 1 aliphatic carbocycles. The Kier molecular flexibility index (Phi) is 6.37. The van der Waals surface area contributed by atoms with Crippen molar-refractivity contribution in [2.45, 2.75) is 51.6 Å². The van der Waals surface area contributed by atoms with Gasteiger partial charge in [0.2, 0.25) is 5.82 Å². The number of rotatable bonds is 6. The molecule has 0 atom stereocenters. The van der Waals surface area contributed by atoms with E-state index in [0.29, 0.717) is 18.8 Å². The molecule has 1 fully saturated rings. The van der Waals surface area contributed by atoms with Crippen LogP contribution in [-0.4, -0.2) is 19.3 Å². The monoisotopic (exact) mass is 310 g/mol. The second-order valence-corrected chi connectivity index (χ2v) is 5.59. The van der Waals surface area contributed by atoms with Crippen LogP contribution in [0.5, 0.6) is 5.75 Å². The average Bonchev–Trinajstić information content (AvgIpc) is 2.53. The molecule has 4 heteroatoms.